The third-order valence-corrected chi connectivity index (χ3v) is 3.07. The summed E-state index contributed by atoms with van der Waals surface area (Å²) in [6.07, 6.45) is 1.24. The van der Waals surface area contributed by atoms with Crippen molar-refractivity contribution in [3.05, 3.63) is 35.1 Å². The van der Waals surface area contributed by atoms with Crippen molar-refractivity contribution in [2.45, 2.75) is 38.8 Å². The minimum absolute atomic E-state index is 0. The molecule has 2 N–H and O–H groups in total. The van der Waals surface area contributed by atoms with Crippen molar-refractivity contribution < 1.29 is 18.0 Å². The predicted molar refractivity (Wildman–Crippen MR) is 77.5 cm³/mol. The highest BCUT2D eigenvalue weighted by atomic mass is 35.5. The number of likely N-dealkylation sites (N-methyl/N-ethyl adjacent to an activating group) is 1. The molecule has 1 unspecified atom stereocenters. The Labute approximate surface area is 128 Å². The van der Waals surface area contributed by atoms with Crippen molar-refractivity contribution >= 4 is 18.3 Å². The maximum absolute atomic E-state index is 13.1. The van der Waals surface area contributed by atoms with Crippen LogP contribution in [0, 0.1) is 17.5 Å². The maximum atomic E-state index is 13.1. The van der Waals surface area contributed by atoms with Crippen LogP contribution in [0.15, 0.2) is 12.1 Å². The zero-order chi connectivity index (χ0) is 15.5. The molecule has 0 fully saturated rings. The topological polar surface area (TPSA) is 46.3 Å². The van der Waals surface area contributed by atoms with Crippen molar-refractivity contribution in [1.29, 1.82) is 0 Å². The zero-order valence-electron chi connectivity index (χ0n) is 12.3. The fourth-order valence-corrected chi connectivity index (χ4v) is 2.11. The molecule has 0 aromatic heterocycles. The summed E-state index contributed by atoms with van der Waals surface area (Å²) in [6.45, 7) is 3.48. The average Bonchev–Trinajstić information content (AvgIpc) is 2.34. The second-order valence-corrected chi connectivity index (χ2v) is 5.20. The normalized spacial score (nSPS) is 13.3. The van der Waals surface area contributed by atoms with Gasteiger partial charge in [0.15, 0.2) is 17.5 Å². The predicted octanol–water partition coefficient (Wildman–Crippen LogP) is 3.00. The molecule has 1 atom stereocenters. The lowest BCUT2D eigenvalue weighted by Gasteiger charge is -2.29. The van der Waals surface area contributed by atoms with E-state index in [-0.39, 0.29) is 30.4 Å². The van der Waals surface area contributed by atoms with Crippen LogP contribution in [0.2, 0.25) is 0 Å². The number of nitrogens with zero attached hydrogens (tertiary/aromatic N) is 1. The van der Waals surface area contributed by atoms with E-state index in [9.17, 15) is 18.0 Å². The summed E-state index contributed by atoms with van der Waals surface area (Å²) in [4.78, 5) is 13.4. The van der Waals surface area contributed by atoms with Gasteiger partial charge in [-0.1, -0.05) is 13.3 Å². The summed E-state index contributed by atoms with van der Waals surface area (Å²) in [7, 11) is 1.49. The number of hydrogen-bond acceptors (Lipinski definition) is 2. The molecule has 0 heterocycles. The Balaban J connectivity index is 0.00000400. The first-order chi connectivity index (χ1) is 9.19. The molecule has 0 spiro atoms. The van der Waals surface area contributed by atoms with Gasteiger partial charge in [0.1, 0.15) is 0 Å². The van der Waals surface area contributed by atoms with Crippen molar-refractivity contribution in [3.63, 3.8) is 0 Å². The first kappa shape index (κ1) is 19.7. The van der Waals surface area contributed by atoms with E-state index in [1.807, 2.05) is 6.92 Å². The molecule has 120 valence electrons. The number of amides is 1. The van der Waals surface area contributed by atoms with Crippen LogP contribution in [-0.4, -0.2) is 23.4 Å². The van der Waals surface area contributed by atoms with Crippen molar-refractivity contribution in [3.8, 4) is 0 Å². The molecule has 1 aromatic rings. The summed E-state index contributed by atoms with van der Waals surface area (Å²) in [5.41, 5.74) is 5.05. The minimum Gasteiger partial charge on any atom is -0.340 e. The lowest BCUT2D eigenvalue weighted by atomic mass is 9.95. The lowest BCUT2D eigenvalue weighted by molar-refractivity contribution is -0.135. The number of carbonyl (C=O) groups excluding carboxylic acids is 1. The Bertz CT molecular complexity index is 486. The Hall–Kier alpha value is -1.27. The van der Waals surface area contributed by atoms with Crippen LogP contribution in [0.4, 0.5) is 13.2 Å². The van der Waals surface area contributed by atoms with Gasteiger partial charge in [-0.05, 0) is 31.0 Å². The summed E-state index contributed by atoms with van der Waals surface area (Å²) in [6, 6.07) is 1.74. The van der Waals surface area contributed by atoms with Crippen LogP contribution in [0.25, 0.3) is 0 Å². The van der Waals surface area contributed by atoms with E-state index in [1.54, 1.807) is 6.92 Å². The minimum atomic E-state index is -1.52. The zero-order valence-corrected chi connectivity index (χ0v) is 13.1. The third-order valence-electron chi connectivity index (χ3n) is 3.07. The molecule has 3 nitrogen and oxygen atoms in total. The molecule has 1 rings (SSSR count). The molecule has 0 aliphatic carbocycles. The van der Waals surface area contributed by atoms with Gasteiger partial charge in [-0.2, -0.15) is 0 Å². The number of benzene rings is 1. The molecule has 0 saturated carbocycles. The van der Waals surface area contributed by atoms with Crippen molar-refractivity contribution in [1.82, 2.24) is 4.90 Å². The van der Waals surface area contributed by atoms with Crippen LogP contribution in [0.1, 0.15) is 32.3 Å². The van der Waals surface area contributed by atoms with Crippen molar-refractivity contribution in [2.75, 3.05) is 7.05 Å². The summed E-state index contributed by atoms with van der Waals surface area (Å²) in [5.74, 6) is -4.39. The molecule has 7 heteroatoms. The Morgan fingerprint density at radius 1 is 1.29 bits per heavy atom. The molecule has 0 aliphatic heterocycles. The Morgan fingerprint density at radius 3 is 2.19 bits per heavy atom. The number of halogens is 4. The molecule has 0 radical (unpaired) electrons. The molecular formula is C14H20ClF3N2O. The van der Waals surface area contributed by atoms with Gasteiger partial charge >= 0.3 is 0 Å². The smallest absolute Gasteiger partial charge is 0.242 e. The maximum Gasteiger partial charge on any atom is 0.242 e. The number of hydrogen-bond donors (Lipinski definition) is 1. The molecule has 0 aliphatic rings. The van der Waals surface area contributed by atoms with Crippen molar-refractivity contribution in [2.24, 2.45) is 5.73 Å². The molecule has 0 saturated heterocycles. The SMILES string of the molecule is CCCC(C)(N)C(=O)N(C)Cc1cc(F)c(F)c(F)c1.Cl. The van der Waals surface area contributed by atoms with Crippen LogP contribution in [-0.2, 0) is 11.3 Å². The summed E-state index contributed by atoms with van der Waals surface area (Å²) < 4.78 is 39.1. The molecule has 0 bridgehead atoms. The quantitative estimate of drug-likeness (QED) is 0.846. The fourth-order valence-electron chi connectivity index (χ4n) is 2.11. The van der Waals surface area contributed by atoms with Crippen LogP contribution < -0.4 is 5.73 Å². The molecular weight excluding hydrogens is 305 g/mol. The highest BCUT2D eigenvalue weighted by Gasteiger charge is 2.30. The molecule has 1 aromatic carbocycles. The van der Waals surface area contributed by atoms with E-state index in [1.165, 1.54) is 11.9 Å². The monoisotopic (exact) mass is 324 g/mol. The van der Waals surface area contributed by atoms with Crippen LogP contribution >= 0.6 is 12.4 Å². The molecule has 1 amide bonds. The number of nitrogens with two attached hydrogens (primary N) is 1. The molecule has 21 heavy (non-hydrogen) atoms. The van der Waals surface area contributed by atoms with Gasteiger partial charge in [-0.3, -0.25) is 4.79 Å². The van der Waals surface area contributed by atoms with E-state index in [4.69, 9.17) is 5.73 Å². The van der Waals surface area contributed by atoms with E-state index in [0.29, 0.717) is 6.42 Å². The average molecular weight is 325 g/mol. The first-order valence-corrected chi connectivity index (χ1v) is 6.37. The summed E-state index contributed by atoms with van der Waals surface area (Å²) in [5, 5.41) is 0. The van der Waals surface area contributed by atoms with Crippen LogP contribution in [0.5, 0.6) is 0 Å². The van der Waals surface area contributed by atoms with Gasteiger partial charge in [0.2, 0.25) is 5.91 Å². The highest BCUT2D eigenvalue weighted by molar-refractivity contribution is 5.85. The first-order valence-electron chi connectivity index (χ1n) is 6.37. The Kier molecular flexibility index (Phi) is 7.19. The largest absolute Gasteiger partial charge is 0.340 e. The lowest BCUT2D eigenvalue weighted by Crippen LogP contribution is -2.51. The number of carbonyl (C=O) groups is 1. The van der Waals surface area contributed by atoms with E-state index < -0.39 is 23.0 Å². The van der Waals surface area contributed by atoms with Crippen LogP contribution in [0.3, 0.4) is 0 Å². The second kappa shape index (κ2) is 7.66. The third kappa shape index (κ3) is 4.89. The summed E-state index contributed by atoms with van der Waals surface area (Å²) >= 11 is 0. The van der Waals surface area contributed by atoms with Gasteiger partial charge in [-0.15, -0.1) is 12.4 Å². The van der Waals surface area contributed by atoms with E-state index >= 15 is 0 Å². The number of rotatable bonds is 5. The van der Waals surface area contributed by atoms with Gasteiger partial charge in [0.05, 0.1) is 5.54 Å². The Morgan fingerprint density at radius 2 is 1.76 bits per heavy atom. The van der Waals surface area contributed by atoms with E-state index in [0.717, 1.165) is 18.6 Å². The second-order valence-electron chi connectivity index (χ2n) is 5.20. The standard InChI is InChI=1S/C14H19F3N2O.ClH/c1-4-5-14(2,18)13(20)19(3)8-9-6-10(15)12(17)11(16)7-9;/h6-7H,4-5,8,18H2,1-3H3;1H. The fraction of sp³-hybridized carbons (Fsp3) is 0.500. The van der Waals surface area contributed by atoms with Gasteiger partial charge < -0.3 is 10.6 Å². The van der Waals surface area contributed by atoms with E-state index in [2.05, 4.69) is 0 Å². The van der Waals surface area contributed by atoms with Gasteiger partial charge in [-0.25, -0.2) is 13.2 Å². The van der Waals surface area contributed by atoms with Gasteiger partial charge in [0.25, 0.3) is 0 Å². The highest BCUT2D eigenvalue weighted by Crippen LogP contribution is 2.17. The van der Waals surface area contributed by atoms with Gasteiger partial charge in [0, 0.05) is 13.6 Å².